The molecule has 3 heteroatoms. The van der Waals surface area contributed by atoms with Gasteiger partial charge in [-0.25, -0.2) is 4.79 Å². The third kappa shape index (κ3) is 5.07. The predicted octanol–water partition coefficient (Wildman–Crippen LogP) is 4.22. The molecule has 3 nitrogen and oxygen atoms in total. The van der Waals surface area contributed by atoms with Crippen molar-refractivity contribution in [1.82, 2.24) is 0 Å². The smallest absolute Gasteiger partial charge is 0.344 e. The fourth-order valence-corrected chi connectivity index (χ4v) is 2.05. The number of esters is 1. The molecule has 0 aliphatic heterocycles. The molecule has 0 radical (unpaired) electrons. The summed E-state index contributed by atoms with van der Waals surface area (Å²) >= 11 is 0. The van der Waals surface area contributed by atoms with Crippen LogP contribution in [-0.2, 0) is 20.4 Å². The number of hydrogen-bond donors (Lipinski definition) is 0. The highest BCUT2D eigenvalue weighted by Crippen LogP contribution is 2.35. The van der Waals surface area contributed by atoms with E-state index in [9.17, 15) is 4.79 Å². The molecule has 21 heavy (non-hydrogen) atoms. The summed E-state index contributed by atoms with van der Waals surface area (Å²) in [5.74, 6) is 0.417. The monoisotopic (exact) mass is 292 g/mol. The SMILES string of the molecule is CCOC(=O)COc1ccc(C(C)(C)C)cc1C(C)(C)C. The van der Waals surface area contributed by atoms with Crippen LogP contribution >= 0.6 is 0 Å². The van der Waals surface area contributed by atoms with Gasteiger partial charge in [-0.05, 0) is 34.9 Å². The average molecular weight is 292 g/mol. The van der Waals surface area contributed by atoms with Gasteiger partial charge in [0.25, 0.3) is 0 Å². The zero-order valence-electron chi connectivity index (χ0n) is 14.4. The summed E-state index contributed by atoms with van der Waals surface area (Å²) in [6, 6.07) is 6.20. The Morgan fingerprint density at radius 3 is 2.14 bits per heavy atom. The Labute approximate surface area is 128 Å². The van der Waals surface area contributed by atoms with Gasteiger partial charge >= 0.3 is 5.97 Å². The zero-order chi connectivity index (χ0) is 16.3. The first kappa shape index (κ1) is 17.5. The fourth-order valence-electron chi connectivity index (χ4n) is 2.05. The lowest BCUT2D eigenvalue weighted by Gasteiger charge is -2.27. The van der Waals surface area contributed by atoms with E-state index in [1.807, 2.05) is 6.07 Å². The van der Waals surface area contributed by atoms with Crippen LogP contribution in [0.1, 0.15) is 59.6 Å². The standard InChI is InChI=1S/C18H28O3/c1-8-20-16(19)12-21-15-10-9-13(17(2,3)4)11-14(15)18(5,6)7/h9-11H,8,12H2,1-7H3. The maximum absolute atomic E-state index is 11.5. The molecule has 0 spiro atoms. The van der Waals surface area contributed by atoms with Crippen LogP contribution < -0.4 is 4.74 Å². The molecule has 0 aliphatic rings. The number of hydrogen-bond acceptors (Lipinski definition) is 3. The number of benzene rings is 1. The van der Waals surface area contributed by atoms with Crippen molar-refractivity contribution in [3.8, 4) is 5.75 Å². The Morgan fingerprint density at radius 1 is 1.05 bits per heavy atom. The van der Waals surface area contributed by atoms with Gasteiger partial charge < -0.3 is 9.47 Å². The summed E-state index contributed by atoms with van der Waals surface area (Å²) in [6.07, 6.45) is 0. The van der Waals surface area contributed by atoms with Crippen molar-refractivity contribution in [2.75, 3.05) is 13.2 Å². The lowest BCUT2D eigenvalue weighted by atomic mass is 9.80. The Kier molecular flexibility index (Phi) is 5.43. The molecule has 1 rings (SSSR count). The molecule has 0 fully saturated rings. The van der Waals surface area contributed by atoms with Crippen molar-refractivity contribution in [1.29, 1.82) is 0 Å². The van der Waals surface area contributed by atoms with Crippen molar-refractivity contribution >= 4 is 5.97 Å². The van der Waals surface area contributed by atoms with Gasteiger partial charge in [-0.3, -0.25) is 0 Å². The number of rotatable bonds is 4. The van der Waals surface area contributed by atoms with Crippen LogP contribution in [0.2, 0.25) is 0 Å². The highest BCUT2D eigenvalue weighted by Gasteiger charge is 2.23. The van der Waals surface area contributed by atoms with Gasteiger partial charge in [0, 0.05) is 0 Å². The van der Waals surface area contributed by atoms with Crippen molar-refractivity contribution in [3.63, 3.8) is 0 Å². The summed E-state index contributed by atoms with van der Waals surface area (Å²) < 4.78 is 10.6. The van der Waals surface area contributed by atoms with Crippen molar-refractivity contribution < 1.29 is 14.3 Å². The van der Waals surface area contributed by atoms with E-state index in [0.29, 0.717) is 6.61 Å². The van der Waals surface area contributed by atoms with Crippen LogP contribution in [0.5, 0.6) is 5.75 Å². The lowest BCUT2D eigenvalue weighted by Crippen LogP contribution is -2.20. The van der Waals surface area contributed by atoms with Gasteiger partial charge in [0.2, 0.25) is 0 Å². The topological polar surface area (TPSA) is 35.5 Å². The minimum atomic E-state index is -0.336. The Hall–Kier alpha value is -1.51. The second kappa shape index (κ2) is 6.50. The summed E-state index contributed by atoms with van der Waals surface area (Å²) in [7, 11) is 0. The average Bonchev–Trinajstić information content (AvgIpc) is 2.34. The molecule has 0 saturated carbocycles. The Morgan fingerprint density at radius 2 is 1.67 bits per heavy atom. The first-order chi connectivity index (χ1) is 9.55. The molecular weight excluding hydrogens is 264 g/mol. The highest BCUT2D eigenvalue weighted by molar-refractivity contribution is 5.71. The summed E-state index contributed by atoms with van der Waals surface area (Å²) in [4.78, 5) is 11.5. The molecule has 0 aromatic heterocycles. The lowest BCUT2D eigenvalue weighted by molar-refractivity contribution is -0.145. The van der Waals surface area contributed by atoms with E-state index in [0.717, 1.165) is 11.3 Å². The van der Waals surface area contributed by atoms with Crippen LogP contribution in [0.15, 0.2) is 18.2 Å². The van der Waals surface area contributed by atoms with E-state index >= 15 is 0 Å². The summed E-state index contributed by atoms with van der Waals surface area (Å²) in [5, 5.41) is 0. The van der Waals surface area contributed by atoms with Crippen molar-refractivity contribution in [2.24, 2.45) is 0 Å². The van der Waals surface area contributed by atoms with Crippen LogP contribution in [0.3, 0.4) is 0 Å². The van der Waals surface area contributed by atoms with Crippen LogP contribution in [0, 0.1) is 0 Å². The Balaban J connectivity index is 3.06. The van der Waals surface area contributed by atoms with E-state index in [4.69, 9.17) is 9.47 Å². The second-order valence-corrected chi connectivity index (χ2v) is 7.30. The quantitative estimate of drug-likeness (QED) is 0.779. The normalized spacial score (nSPS) is 12.1. The van der Waals surface area contributed by atoms with E-state index in [-0.39, 0.29) is 23.4 Å². The molecule has 0 amide bonds. The summed E-state index contributed by atoms with van der Waals surface area (Å²) in [5.41, 5.74) is 2.40. The minimum Gasteiger partial charge on any atom is -0.482 e. The minimum absolute atomic E-state index is 0.0498. The number of carbonyl (C=O) groups is 1. The number of carbonyl (C=O) groups excluding carboxylic acids is 1. The van der Waals surface area contributed by atoms with E-state index < -0.39 is 0 Å². The molecular formula is C18H28O3. The van der Waals surface area contributed by atoms with Gasteiger partial charge in [-0.15, -0.1) is 0 Å². The van der Waals surface area contributed by atoms with Crippen LogP contribution in [0.25, 0.3) is 0 Å². The maximum atomic E-state index is 11.5. The first-order valence-electron chi connectivity index (χ1n) is 7.49. The molecule has 118 valence electrons. The van der Waals surface area contributed by atoms with Gasteiger partial charge in [0.1, 0.15) is 5.75 Å². The van der Waals surface area contributed by atoms with Gasteiger partial charge in [-0.1, -0.05) is 53.7 Å². The summed E-state index contributed by atoms with van der Waals surface area (Å²) in [6.45, 7) is 15.1. The third-order valence-electron chi connectivity index (χ3n) is 3.30. The molecule has 0 aliphatic carbocycles. The highest BCUT2D eigenvalue weighted by atomic mass is 16.6. The molecule has 0 unspecified atom stereocenters. The predicted molar refractivity (Wildman–Crippen MR) is 86.0 cm³/mol. The third-order valence-corrected chi connectivity index (χ3v) is 3.30. The van der Waals surface area contributed by atoms with E-state index in [1.165, 1.54) is 5.56 Å². The van der Waals surface area contributed by atoms with E-state index in [2.05, 4.69) is 53.7 Å². The Bertz CT molecular complexity index is 490. The second-order valence-electron chi connectivity index (χ2n) is 7.30. The molecule has 0 N–H and O–H groups in total. The molecule has 0 atom stereocenters. The fraction of sp³-hybridized carbons (Fsp3) is 0.611. The van der Waals surface area contributed by atoms with E-state index in [1.54, 1.807) is 6.92 Å². The van der Waals surface area contributed by atoms with Gasteiger partial charge in [-0.2, -0.15) is 0 Å². The molecule has 0 bridgehead atoms. The molecule has 1 aromatic rings. The van der Waals surface area contributed by atoms with Crippen molar-refractivity contribution in [2.45, 2.75) is 59.3 Å². The molecule has 0 heterocycles. The first-order valence-corrected chi connectivity index (χ1v) is 7.49. The van der Waals surface area contributed by atoms with Gasteiger partial charge in [0.05, 0.1) is 6.61 Å². The maximum Gasteiger partial charge on any atom is 0.344 e. The molecule has 0 saturated heterocycles. The van der Waals surface area contributed by atoms with Crippen molar-refractivity contribution in [3.05, 3.63) is 29.3 Å². The molecule has 1 aromatic carbocycles. The largest absolute Gasteiger partial charge is 0.482 e. The number of ether oxygens (including phenoxy) is 2. The van der Waals surface area contributed by atoms with Crippen LogP contribution in [0.4, 0.5) is 0 Å². The van der Waals surface area contributed by atoms with Gasteiger partial charge in [0.15, 0.2) is 6.61 Å². The zero-order valence-corrected chi connectivity index (χ0v) is 14.4. The van der Waals surface area contributed by atoms with Crippen LogP contribution in [-0.4, -0.2) is 19.2 Å².